The molecule has 18 heteroatoms. The molecule has 0 amide bonds. The van der Waals surface area contributed by atoms with Crippen LogP contribution in [0.1, 0.15) is 532 Å². The van der Waals surface area contributed by atoms with Crippen LogP contribution in [0.25, 0.3) is 0 Å². The first kappa shape index (κ1) is 131. The summed E-state index contributed by atoms with van der Waals surface area (Å²) in [6.45, 7) is 26.7. The predicted molar refractivity (Wildman–Crippen MR) is 573 cm³/mol. The number of rotatable bonds is 99. The molecule has 0 saturated carbocycles. The van der Waals surface area contributed by atoms with E-state index in [-0.39, 0.29) is 76.8 Å². The largest absolute Gasteiger partial charge is 0.465 e. The van der Waals surface area contributed by atoms with E-state index in [4.69, 9.17) is 28.4 Å². The van der Waals surface area contributed by atoms with Crippen molar-refractivity contribution < 1.29 is 57.2 Å². The Hall–Kier alpha value is -1.34. The van der Waals surface area contributed by atoms with Crippen LogP contribution in [0.15, 0.2) is 12.2 Å². The number of ether oxygens (including phenoxy) is 6. The summed E-state index contributed by atoms with van der Waals surface area (Å²) in [4.78, 5) is 75.3. The van der Waals surface area contributed by atoms with Gasteiger partial charge in [-0.3, -0.25) is 28.8 Å². The average Bonchev–Trinajstić information content (AvgIpc) is 0.870. The van der Waals surface area contributed by atoms with Crippen molar-refractivity contribution in [1.29, 1.82) is 0 Å². The molecule has 0 N–H and O–H groups in total. The molecule has 760 valence electrons. The maximum Gasteiger partial charge on any atom is 0.306 e. The van der Waals surface area contributed by atoms with Crippen LogP contribution in [-0.2, 0) is 57.2 Å². The number of allylic oxidation sites excluding steroid dienone is 1. The van der Waals surface area contributed by atoms with E-state index in [0.717, 1.165) is 34.5 Å². The van der Waals surface area contributed by atoms with Crippen molar-refractivity contribution in [3.8, 4) is 0 Å². The minimum absolute atomic E-state index is 0.00157. The second-order valence-electron chi connectivity index (χ2n) is 38.1. The Bertz CT molecular complexity index is 2180. The lowest BCUT2D eigenvalue weighted by molar-refractivity contribution is -0.164. The van der Waals surface area contributed by atoms with Crippen LogP contribution in [0.2, 0.25) is 0 Å². The van der Waals surface area contributed by atoms with Gasteiger partial charge in [-0.2, -0.15) is 73.2 Å². The van der Waals surface area contributed by atoms with E-state index in [1.165, 1.54) is 417 Å². The predicted octanol–water partition coefficient (Wildman–Crippen LogP) is 34.9. The zero-order valence-electron chi connectivity index (χ0n) is 85.9. The number of carbonyl (C=O) groups excluding carboxylic acids is 6. The Balaban J connectivity index is -0.00000285. The zero-order valence-corrected chi connectivity index (χ0v) is 91.1. The van der Waals surface area contributed by atoms with Crippen LogP contribution in [-0.4, -0.2) is 127 Å². The summed E-state index contributed by atoms with van der Waals surface area (Å²) in [5.74, 6) is 7.01. The molecule has 0 heterocycles. The fourth-order valence-electron chi connectivity index (χ4n) is 16.3. The van der Waals surface area contributed by atoms with Gasteiger partial charge < -0.3 is 28.4 Å². The molecule has 0 rings (SSSR count). The van der Waals surface area contributed by atoms with Gasteiger partial charge in [0, 0.05) is 34.5 Å². The van der Waals surface area contributed by atoms with E-state index in [1.54, 1.807) is 0 Å². The summed E-state index contributed by atoms with van der Waals surface area (Å²) in [5.41, 5.74) is -0.0557. The lowest BCUT2D eigenvalue weighted by Gasteiger charge is -2.31. The van der Waals surface area contributed by atoms with E-state index < -0.39 is 28.7 Å². The van der Waals surface area contributed by atoms with E-state index in [0.29, 0.717) is 67.1 Å². The molecule has 12 nitrogen and oxygen atoms in total. The molecule has 0 aromatic heterocycles. The highest BCUT2D eigenvalue weighted by Crippen LogP contribution is 2.32. The fourth-order valence-corrected chi connectivity index (χ4v) is 20.2. The van der Waals surface area contributed by atoms with Gasteiger partial charge in [-0.05, 0) is 112 Å². The van der Waals surface area contributed by atoms with Gasteiger partial charge in [-0.25, -0.2) is 0 Å². The molecular weight excluding hydrogens is 1710 g/mol. The molecule has 0 bridgehead atoms. The SMILES string of the molecule is C=C(CCCCCCCC)CCCCCCCCCC.CCC(COC(=O)CCS)(COC(=O)CCS)COC(=O)CCS.CCCCCCCCCCC(CCCCCCCC)CSCCC(=O)OCC(CC)(COC(=O)CCSCC(CCCCCCCC)CCCCCCCCCC)COC(=O)CCSCC(CCCCCCCC)CCCCCCCCCC. The van der Waals surface area contributed by atoms with E-state index in [2.05, 4.69) is 99.9 Å². The molecule has 0 spiro atoms. The minimum atomic E-state index is -0.789. The first-order valence-electron chi connectivity index (χ1n) is 54.6. The summed E-state index contributed by atoms with van der Waals surface area (Å²) >= 11 is 17.7. The third-order valence-electron chi connectivity index (χ3n) is 25.7. The van der Waals surface area contributed by atoms with Crippen LogP contribution in [0, 0.1) is 28.6 Å². The topological polar surface area (TPSA) is 158 Å². The van der Waals surface area contributed by atoms with Gasteiger partial charge >= 0.3 is 35.8 Å². The number of thioether (sulfide) groups is 3. The van der Waals surface area contributed by atoms with Crippen molar-refractivity contribution in [3.63, 3.8) is 0 Å². The Morgan fingerprint density at radius 3 is 0.547 bits per heavy atom. The smallest absolute Gasteiger partial charge is 0.306 e. The molecular formula is C110H212O12S6. The molecule has 3 unspecified atom stereocenters. The van der Waals surface area contributed by atoms with Gasteiger partial charge in [0.15, 0.2) is 0 Å². The van der Waals surface area contributed by atoms with E-state index >= 15 is 0 Å². The normalized spacial score (nSPS) is 12.6. The highest BCUT2D eigenvalue weighted by molar-refractivity contribution is 7.99. The minimum Gasteiger partial charge on any atom is -0.465 e. The van der Waals surface area contributed by atoms with Gasteiger partial charge in [-0.15, -0.1) is 0 Å². The highest BCUT2D eigenvalue weighted by atomic mass is 32.2. The second-order valence-corrected chi connectivity index (χ2v) is 42.9. The summed E-state index contributed by atoms with van der Waals surface area (Å²) < 4.78 is 33.9. The molecule has 0 aliphatic carbocycles. The van der Waals surface area contributed by atoms with Crippen LogP contribution in [0.5, 0.6) is 0 Å². The summed E-state index contributed by atoms with van der Waals surface area (Å²) in [6.07, 6.45) is 89.4. The van der Waals surface area contributed by atoms with Gasteiger partial charge in [0.25, 0.3) is 0 Å². The van der Waals surface area contributed by atoms with Crippen molar-refractivity contribution in [3.05, 3.63) is 12.2 Å². The molecule has 0 fully saturated rings. The fraction of sp³-hybridized carbons (Fsp3) is 0.927. The second kappa shape index (κ2) is 105. The molecule has 0 aliphatic rings. The van der Waals surface area contributed by atoms with Gasteiger partial charge in [0.05, 0.1) is 49.4 Å². The van der Waals surface area contributed by atoms with Crippen molar-refractivity contribution in [2.24, 2.45) is 28.6 Å². The molecule has 3 atom stereocenters. The van der Waals surface area contributed by atoms with Crippen molar-refractivity contribution in [1.82, 2.24) is 0 Å². The quantitative estimate of drug-likeness (QED) is 0.0174. The van der Waals surface area contributed by atoms with Crippen molar-refractivity contribution in [2.75, 3.05) is 91.4 Å². The van der Waals surface area contributed by atoms with Crippen LogP contribution >= 0.6 is 73.2 Å². The maximum absolute atomic E-state index is 13.5. The number of carbonyl (C=O) groups is 6. The number of thiol groups is 3. The molecule has 0 aromatic rings. The molecule has 0 saturated heterocycles. The number of hydrogen-bond acceptors (Lipinski definition) is 18. The first-order chi connectivity index (χ1) is 62.5. The maximum atomic E-state index is 13.5. The third kappa shape index (κ3) is 93.7. The van der Waals surface area contributed by atoms with Gasteiger partial charge in [-0.1, -0.05) is 428 Å². The summed E-state index contributed by atoms with van der Waals surface area (Å²) in [6, 6.07) is 0. The number of unbranched alkanes of at least 4 members (excludes halogenated alkanes) is 48. The molecule has 0 aliphatic heterocycles. The van der Waals surface area contributed by atoms with Gasteiger partial charge in [0.2, 0.25) is 0 Å². The molecule has 0 aromatic carbocycles. The van der Waals surface area contributed by atoms with Crippen LogP contribution in [0.3, 0.4) is 0 Å². The van der Waals surface area contributed by atoms with Gasteiger partial charge in [0.1, 0.15) is 39.6 Å². The number of hydrogen-bond donors (Lipinski definition) is 3. The molecule has 128 heavy (non-hydrogen) atoms. The van der Waals surface area contributed by atoms with Crippen molar-refractivity contribution in [2.45, 2.75) is 532 Å². The standard InChI is InChI=1S/C75H146O6S3.C20H40.C15H26O6S3/c1-8-15-21-27-33-36-42-48-54-69(51-45-39-30-24-18-11-4)63-82-60-57-72(76)79-66-75(14-7,67-80-73(77)58-61-83-64-70(52-46-40-31-25-19-12-5)55-49-43-37-34-28-22-16-9-2)68-81-74(78)59-62-84-65-71(53-47-41-32-26-20-13-6)56-50-44-38-35-29-23-17-10-3;1-4-6-8-10-12-13-15-17-19-20(3)18-16-14-11-9-7-5-2;1-2-15(9-19-12(16)3-6-22,10-20-13(17)4-7-23)11-21-14(18)5-8-24/h69-71H,8-68H2,1-7H3;3-19H2,1-2H3;22-24H,2-11H2,1H3. The van der Waals surface area contributed by atoms with E-state index in [9.17, 15) is 28.8 Å². The lowest BCUT2D eigenvalue weighted by atomic mass is 9.88. The zero-order chi connectivity index (χ0) is 94.7. The average molecular weight is 1920 g/mol. The third-order valence-corrected chi connectivity index (χ3v) is 29.9. The Kier molecular flexibility index (Phi) is 107. The van der Waals surface area contributed by atoms with Crippen molar-refractivity contribution >= 4 is 109 Å². The number of esters is 6. The highest BCUT2D eigenvalue weighted by Gasteiger charge is 2.36. The summed E-state index contributed by atoms with van der Waals surface area (Å²) in [7, 11) is 0. The monoisotopic (exact) mass is 1920 g/mol. The lowest BCUT2D eigenvalue weighted by Crippen LogP contribution is -2.39. The van der Waals surface area contributed by atoms with Crippen LogP contribution < -0.4 is 0 Å². The van der Waals surface area contributed by atoms with E-state index in [1.807, 2.05) is 49.1 Å². The molecule has 0 radical (unpaired) electrons. The Morgan fingerprint density at radius 1 is 0.227 bits per heavy atom. The Labute approximate surface area is 823 Å². The summed E-state index contributed by atoms with van der Waals surface area (Å²) in [5, 5.41) is 0. The van der Waals surface area contributed by atoms with Crippen LogP contribution in [0.4, 0.5) is 0 Å². The Morgan fingerprint density at radius 2 is 0.383 bits per heavy atom. The first-order valence-corrected chi connectivity index (χ1v) is 60.0.